The molecule has 116 valence electrons. The number of hydrogen-bond acceptors (Lipinski definition) is 4. The van der Waals surface area contributed by atoms with Gasteiger partial charge in [0.25, 0.3) is 5.91 Å². The normalized spacial score (nSPS) is 11.8. The van der Waals surface area contributed by atoms with Gasteiger partial charge in [0.2, 0.25) is 0 Å². The maximum absolute atomic E-state index is 12.3. The first-order chi connectivity index (χ1) is 10.5. The molecule has 0 aliphatic carbocycles. The molecular formula is C17H19NO4. The summed E-state index contributed by atoms with van der Waals surface area (Å²) in [6.07, 6.45) is 0.370. The first kappa shape index (κ1) is 15.8. The van der Waals surface area contributed by atoms with E-state index in [2.05, 4.69) is 5.32 Å². The fourth-order valence-corrected chi connectivity index (χ4v) is 2.28. The Morgan fingerprint density at radius 2 is 1.91 bits per heavy atom. The number of hydrogen-bond donors (Lipinski definition) is 1. The first-order valence-corrected chi connectivity index (χ1v) is 7.01. The maximum atomic E-state index is 12.3. The Bertz CT molecular complexity index is 661. The third-order valence-electron chi connectivity index (χ3n) is 3.36. The molecule has 1 N–H and O–H groups in total. The molecule has 1 aromatic heterocycles. The van der Waals surface area contributed by atoms with E-state index >= 15 is 0 Å². The summed E-state index contributed by atoms with van der Waals surface area (Å²) in [4.78, 5) is 24.2. The molecule has 2 rings (SSSR count). The van der Waals surface area contributed by atoms with E-state index in [1.54, 1.807) is 19.9 Å². The van der Waals surface area contributed by atoms with Crippen LogP contribution in [0.5, 0.6) is 0 Å². The van der Waals surface area contributed by atoms with Crippen molar-refractivity contribution in [2.45, 2.75) is 26.3 Å². The van der Waals surface area contributed by atoms with Crippen molar-refractivity contribution in [1.82, 2.24) is 5.32 Å². The molecule has 1 heterocycles. The fraction of sp³-hybridized carbons (Fsp3) is 0.294. The summed E-state index contributed by atoms with van der Waals surface area (Å²) >= 11 is 0. The number of methoxy groups -OCH3 is 1. The zero-order valence-corrected chi connectivity index (χ0v) is 12.9. The highest BCUT2D eigenvalue weighted by molar-refractivity contribution is 5.97. The van der Waals surface area contributed by atoms with E-state index in [9.17, 15) is 9.59 Å². The van der Waals surface area contributed by atoms with Crippen LogP contribution in [-0.4, -0.2) is 25.0 Å². The van der Waals surface area contributed by atoms with Crippen LogP contribution in [0.3, 0.4) is 0 Å². The van der Waals surface area contributed by atoms with E-state index in [-0.39, 0.29) is 5.91 Å². The molecular weight excluding hydrogens is 282 g/mol. The van der Waals surface area contributed by atoms with Crippen LogP contribution in [0.2, 0.25) is 0 Å². The Labute approximate surface area is 129 Å². The Morgan fingerprint density at radius 1 is 1.23 bits per heavy atom. The van der Waals surface area contributed by atoms with Crippen LogP contribution in [0.4, 0.5) is 0 Å². The van der Waals surface area contributed by atoms with E-state index in [4.69, 9.17) is 9.15 Å². The molecule has 5 heteroatoms. The Balaban J connectivity index is 2.14. The average Bonchev–Trinajstić information content (AvgIpc) is 2.85. The van der Waals surface area contributed by atoms with Crippen molar-refractivity contribution in [2.24, 2.45) is 0 Å². The van der Waals surface area contributed by atoms with Crippen LogP contribution in [0.1, 0.15) is 27.4 Å². The molecule has 0 saturated carbocycles. The molecule has 1 atom stereocenters. The van der Waals surface area contributed by atoms with E-state index in [0.717, 1.165) is 5.56 Å². The Morgan fingerprint density at radius 3 is 2.45 bits per heavy atom. The molecule has 5 nitrogen and oxygen atoms in total. The van der Waals surface area contributed by atoms with E-state index in [1.807, 2.05) is 30.3 Å². The van der Waals surface area contributed by atoms with Crippen molar-refractivity contribution >= 4 is 11.9 Å². The molecule has 0 spiro atoms. The van der Waals surface area contributed by atoms with Gasteiger partial charge in [-0.15, -0.1) is 0 Å². The summed E-state index contributed by atoms with van der Waals surface area (Å²) in [5.74, 6) is 0.356. The first-order valence-electron chi connectivity index (χ1n) is 7.01. The third-order valence-corrected chi connectivity index (χ3v) is 3.36. The van der Waals surface area contributed by atoms with Gasteiger partial charge in [0, 0.05) is 6.42 Å². The van der Waals surface area contributed by atoms with E-state index in [0.29, 0.717) is 23.5 Å². The number of rotatable bonds is 5. The second kappa shape index (κ2) is 6.93. The van der Waals surface area contributed by atoms with E-state index in [1.165, 1.54) is 7.11 Å². The smallest absolute Gasteiger partial charge is 0.328 e. The second-order valence-electron chi connectivity index (χ2n) is 5.07. The number of carbonyl (C=O) groups is 2. The minimum absolute atomic E-state index is 0.347. The number of aryl methyl sites for hydroxylation is 2. The second-order valence-corrected chi connectivity index (χ2v) is 5.07. The zero-order chi connectivity index (χ0) is 16.1. The molecule has 0 unspecified atom stereocenters. The molecule has 0 fully saturated rings. The molecule has 2 aromatic rings. The SMILES string of the molecule is COC(=O)[C@H](Cc1ccccc1)NC(=O)c1cc(C)oc1C. The van der Waals surface area contributed by atoms with Gasteiger partial charge in [-0.2, -0.15) is 0 Å². The minimum atomic E-state index is -0.741. The van der Waals surface area contributed by atoms with Gasteiger partial charge in [0.15, 0.2) is 0 Å². The molecule has 0 aliphatic rings. The standard InChI is InChI=1S/C17H19NO4/c1-11-9-14(12(2)22-11)16(19)18-15(17(20)21-3)10-13-7-5-4-6-8-13/h4-9,15H,10H2,1-3H3,(H,18,19)/t15-/m0/s1. The van der Waals surface area contributed by atoms with Crippen molar-refractivity contribution in [3.8, 4) is 0 Å². The Hall–Kier alpha value is -2.56. The van der Waals surface area contributed by atoms with Crippen LogP contribution in [-0.2, 0) is 16.0 Å². The molecule has 0 aliphatic heterocycles. The van der Waals surface area contributed by atoms with Crippen molar-refractivity contribution < 1.29 is 18.7 Å². The van der Waals surface area contributed by atoms with Gasteiger partial charge in [-0.25, -0.2) is 4.79 Å². The fourth-order valence-electron chi connectivity index (χ4n) is 2.28. The minimum Gasteiger partial charge on any atom is -0.467 e. The zero-order valence-electron chi connectivity index (χ0n) is 12.9. The number of furan rings is 1. The highest BCUT2D eigenvalue weighted by Gasteiger charge is 2.24. The number of carbonyl (C=O) groups excluding carboxylic acids is 2. The predicted molar refractivity (Wildman–Crippen MR) is 81.6 cm³/mol. The van der Waals surface area contributed by atoms with Gasteiger partial charge in [-0.3, -0.25) is 4.79 Å². The number of ether oxygens (including phenoxy) is 1. The summed E-state index contributed by atoms with van der Waals surface area (Å²) in [6.45, 7) is 3.48. The number of nitrogens with one attached hydrogen (secondary N) is 1. The molecule has 22 heavy (non-hydrogen) atoms. The van der Waals surface area contributed by atoms with Gasteiger partial charge in [-0.1, -0.05) is 30.3 Å². The summed E-state index contributed by atoms with van der Waals surface area (Å²) in [5.41, 5.74) is 1.37. The lowest BCUT2D eigenvalue weighted by Crippen LogP contribution is -2.43. The highest BCUT2D eigenvalue weighted by atomic mass is 16.5. The monoisotopic (exact) mass is 301 g/mol. The largest absolute Gasteiger partial charge is 0.467 e. The third kappa shape index (κ3) is 3.75. The van der Waals surface area contributed by atoms with Crippen molar-refractivity contribution in [3.63, 3.8) is 0 Å². The van der Waals surface area contributed by atoms with Crippen LogP contribution in [0.25, 0.3) is 0 Å². The summed E-state index contributed by atoms with van der Waals surface area (Å²) in [6, 6.07) is 10.4. The molecule has 1 amide bonds. The topological polar surface area (TPSA) is 68.5 Å². The van der Waals surface area contributed by atoms with Gasteiger partial charge in [0.05, 0.1) is 12.7 Å². The lowest BCUT2D eigenvalue weighted by molar-refractivity contribution is -0.142. The van der Waals surface area contributed by atoms with E-state index < -0.39 is 12.0 Å². The summed E-state index contributed by atoms with van der Waals surface area (Å²) < 4.78 is 10.1. The molecule has 1 aromatic carbocycles. The van der Waals surface area contributed by atoms with Gasteiger partial charge in [-0.05, 0) is 25.5 Å². The number of esters is 1. The summed E-state index contributed by atoms with van der Waals surface area (Å²) in [5, 5.41) is 2.71. The van der Waals surface area contributed by atoms with Crippen LogP contribution >= 0.6 is 0 Å². The van der Waals surface area contributed by atoms with Crippen molar-refractivity contribution in [1.29, 1.82) is 0 Å². The van der Waals surface area contributed by atoms with Gasteiger partial charge >= 0.3 is 5.97 Å². The molecule has 0 radical (unpaired) electrons. The quantitative estimate of drug-likeness (QED) is 0.861. The molecule has 0 saturated heterocycles. The predicted octanol–water partition coefficient (Wildman–Crippen LogP) is 2.41. The van der Waals surface area contributed by atoms with Crippen molar-refractivity contribution in [3.05, 3.63) is 59.0 Å². The van der Waals surface area contributed by atoms with Crippen LogP contribution in [0, 0.1) is 13.8 Å². The highest BCUT2D eigenvalue weighted by Crippen LogP contribution is 2.14. The van der Waals surface area contributed by atoms with Gasteiger partial charge < -0.3 is 14.5 Å². The van der Waals surface area contributed by atoms with Gasteiger partial charge in [0.1, 0.15) is 17.6 Å². The summed E-state index contributed by atoms with van der Waals surface area (Å²) in [7, 11) is 1.31. The van der Waals surface area contributed by atoms with Crippen LogP contribution in [0.15, 0.2) is 40.8 Å². The molecule has 0 bridgehead atoms. The lowest BCUT2D eigenvalue weighted by Gasteiger charge is -2.16. The lowest BCUT2D eigenvalue weighted by atomic mass is 10.1. The number of amides is 1. The number of benzene rings is 1. The van der Waals surface area contributed by atoms with Crippen molar-refractivity contribution in [2.75, 3.05) is 7.11 Å². The maximum Gasteiger partial charge on any atom is 0.328 e. The average molecular weight is 301 g/mol. The Kier molecular flexibility index (Phi) is 4.99. The van der Waals surface area contributed by atoms with Crippen LogP contribution < -0.4 is 5.32 Å².